The van der Waals surface area contributed by atoms with Crippen molar-refractivity contribution in [3.63, 3.8) is 0 Å². The number of nitrogens with one attached hydrogen (secondary N) is 1. The average Bonchev–Trinajstić information content (AvgIpc) is 3.42. The number of hydrogen-bond donors (Lipinski definition) is 1. The van der Waals surface area contributed by atoms with Crippen molar-refractivity contribution in [2.24, 2.45) is 0 Å². The van der Waals surface area contributed by atoms with Crippen molar-refractivity contribution in [2.75, 3.05) is 11.9 Å². The molecule has 0 radical (unpaired) electrons. The number of hydrogen-bond acceptors (Lipinski definition) is 8. The van der Waals surface area contributed by atoms with Crippen LogP contribution in [0.1, 0.15) is 33.3 Å². The number of fused-ring (bicyclic) bond motifs is 2. The standard InChI is InChI=1S/C27H24N4O4S2/c1-5-35-26(34)18-8-9-19-20(11-18)37-27(29-19)30-21(32)12-31-13-28-24-23(25(31)33)22(16(4)36-24)17-7-6-14(2)15(3)10-17/h6-11,13H,5,12H2,1-4H3,(H,29,30,32). The number of benzene rings is 2. The van der Waals surface area contributed by atoms with Gasteiger partial charge in [0, 0.05) is 10.4 Å². The van der Waals surface area contributed by atoms with Gasteiger partial charge in [0.05, 0.1) is 34.1 Å². The van der Waals surface area contributed by atoms with Gasteiger partial charge in [-0.2, -0.15) is 0 Å². The SMILES string of the molecule is CCOC(=O)c1ccc2nc(NC(=O)Cn3cnc4sc(C)c(-c5ccc(C)c(C)c5)c4c3=O)sc2c1. The third-order valence-electron chi connectivity index (χ3n) is 6.11. The van der Waals surface area contributed by atoms with Gasteiger partial charge in [-0.1, -0.05) is 29.5 Å². The first-order valence-corrected chi connectivity index (χ1v) is 13.3. The van der Waals surface area contributed by atoms with Crippen LogP contribution in [0.2, 0.25) is 0 Å². The van der Waals surface area contributed by atoms with Gasteiger partial charge in [0.2, 0.25) is 5.91 Å². The first kappa shape index (κ1) is 24.8. The minimum Gasteiger partial charge on any atom is -0.462 e. The van der Waals surface area contributed by atoms with Gasteiger partial charge >= 0.3 is 5.97 Å². The monoisotopic (exact) mass is 532 g/mol. The maximum Gasteiger partial charge on any atom is 0.338 e. The quantitative estimate of drug-likeness (QED) is 0.291. The van der Waals surface area contributed by atoms with E-state index >= 15 is 0 Å². The first-order chi connectivity index (χ1) is 17.7. The third kappa shape index (κ3) is 4.77. The molecule has 1 amide bonds. The molecular formula is C27H24N4O4S2. The highest BCUT2D eigenvalue weighted by Crippen LogP contribution is 2.36. The van der Waals surface area contributed by atoms with E-state index in [1.54, 1.807) is 25.1 Å². The predicted molar refractivity (Wildman–Crippen MR) is 148 cm³/mol. The number of nitrogens with zero attached hydrogens (tertiary/aromatic N) is 3. The number of carbonyl (C=O) groups excluding carboxylic acids is 2. The third-order valence-corrected chi connectivity index (χ3v) is 8.06. The zero-order valence-electron chi connectivity index (χ0n) is 20.7. The summed E-state index contributed by atoms with van der Waals surface area (Å²) in [5.41, 5.74) is 4.96. The molecule has 0 unspecified atom stereocenters. The van der Waals surface area contributed by atoms with Gasteiger partial charge < -0.3 is 10.1 Å². The normalized spacial score (nSPS) is 11.2. The molecule has 1 N–H and O–H groups in total. The smallest absolute Gasteiger partial charge is 0.338 e. The molecule has 3 heterocycles. The van der Waals surface area contributed by atoms with E-state index in [-0.39, 0.29) is 18.7 Å². The summed E-state index contributed by atoms with van der Waals surface area (Å²) in [5, 5.41) is 3.66. The van der Waals surface area contributed by atoms with E-state index in [2.05, 4.69) is 28.3 Å². The largest absolute Gasteiger partial charge is 0.462 e. The lowest BCUT2D eigenvalue weighted by Gasteiger charge is -2.08. The molecule has 0 aliphatic heterocycles. The van der Waals surface area contributed by atoms with E-state index in [1.165, 1.54) is 39.1 Å². The number of ether oxygens (including phenoxy) is 1. The fourth-order valence-corrected chi connectivity index (χ4v) is 6.05. The minimum atomic E-state index is -0.408. The zero-order valence-corrected chi connectivity index (χ0v) is 22.4. The summed E-state index contributed by atoms with van der Waals surface area (Å²) >= 11 is 2.72. The lowest BCUT2D eigenvalue weighted by atomic mass is 9.99. The molecule has 188 valence electrons. The Bertz CT molecular complexity index is 1750. The number of aryl methyl sites for hydroxylation is 3. The number of anilines is 1. The van der Waals surface area contributed by atoms with Crippen molar-refractivity contribution in [3.8, 4) is 11.1 Å². The second-order valence-corrected chi connectivity index (χ2v) is 10.9. The molecule has 0 saturated heterocycles. The fraction of sp³-hybridized carbons (Fsp3) is 0.222. The van der Waals surface area contributed by atoms with Crippen molar-refractivity contribution in [2.45, 2.75) is 34.2 Å². The van der Waals surface area contributed by atoms with Crippen LogP contribution in [0.3, 0.4) is 0 Å². The molecule has 0 aliphatic rings. The molecule has 8 nitrogen and oxygen atoms in total. The molecule has 3 aromatic heterocycles. The van der Waals surface area contributed by atoms with Crippen LogP contribution in [0.5, 0.6) is 0 Å². The van der Waals surface area contributed by atoms with Crippen molar-refractivity contribution >= 4 is 60.1 Å². The number of amides is 1. The Morgan fingerprint density at radius 1 is 1.05 bits per heavy atom. The average molecular weight is 533 g/mol. The van der Waals surface area contributed by atoms with Crippen LogP contribution in [-0.2, 0) is 16.1 Å². The molecule has 0 fully saturated rings. The van der Waals surface area contributed by atoms with Gasteiger partial charge in [0.15, 0.2) is 5.13 Å². The van der Waals surface area contributed by atoms with Crippen LogP contribution < -0.4 is 10.9 Å². The molecule has 10 heteroatoms. The van der Waals surface area contributed by atoms with Crippen LogP contribution in [-0.4, -0.2) is 33.0 Å². The number of esters is 1. The second-order valence-electron chi connectivity index (χ2n) is 8.66. The summed E-state index contributed by atoms with van der Waals surface area (Å²) in [6.07, 6.45) is 1.41. The lowest BCUT2D eigenvalue weighted by molar-refractivity contribution is -0.116. The molecule has 0 spiro atoms. The van der Waals surface area contributed by atoms with Crippen molar-refractivity contribution in [1.29, 1.82) is 0 Å². The van der Waals surface area contributed by atoms with Crippen molar-refractivity contribution in [1.82, 2.24) is 14.5 Å². The summed E-state index contributed by atoms with van der Waals surface area (Å²) in [6.45, 7) is 7.91. The Kier molecular flexibility index (Phi) is 6.61. The van der Waals surface area contributed by atoms with Gasteiger partial charge in [-0.05, 0) is 62.6 Å². The summed E-state index contributed by atoms with van der Waals surface area (Å²) in [4.78, 5) is 48.9. The highest BCUT2D eigenvalue weighted by atomic mass is 32.1. The summed E-state index contributed by atoms with van der Waals surface area (Å²) < 4.78 is 7.11. The van der Waals surface area contributed by atoms with Crippen LogP contribution in [0.15, 0.2) is 47.5 Å². The molecule has 5 rings (SSSR count). The predicted octanol–water partition coefficient (Wildman–Crippen LogP) is 5.48. The summed E-state index contributed by atoms with van der Waals surface area (Å²) in [7, 11) is 0. The number of aromatic nitrogens is 3. The van der Waals surface area contributed by atoms with E-state index in [0.29, 0.717) is 26.4 Å². The lowest BCUT2D eigenvalue weighted by Crippen LogP contribution is -2.27. The van der Waals surface area contributed by atoms with E-state index < -0.39 is 11.9 Å². The fourth-order valence-electron chi connectivity index (χ4n) is 4.13. The molecular weight excluding hydrogens is 508 g/mol. The Morgan fingerprint density at radius 3 is 2.62 bits per heavy atom. The molecule has 0 atom stereocenters. The zero-order chi connectivity index (χ0) is 26.3. The Morgan fingerprint density at radius 2 is 1.86 bits per heavy atom. The van der Waals surface area contributed by atoms with Gasteiger partial charge in [-0.3, -0.25) is 14.2 Å². The second kappa shape index (κ2) is 9.87. The van der Waals surface area contributed by atoms with Crippen LogP contribution >= 0.6 is 22.7 Å². The molecule has 0 aliphatic carbocycles. The maximum atomic E-state index is 13.5. The van der Waals surface area contributed by atoms with E-state index in [1.807, 2.05) is 26.0 Å². The van der Waals surface area contributed by atoms with Crippen LogP contribution in [0.4, 0.5) is 5.13 Å². The Labute approximate surface area is 220 Å². The van der Waals surface area contributed by atoms with E-state index in [9.17, 15) is 14.4 Å². The highest BCUT2D eigenvalue weighted by molar-refractivity contribution is 7.22. The Hall–Kier alpha value is -3.89. The number of rotatable bonds is 6. The highest BCUT2D eigenvalue weighted by Gasteiger charge is 2.19. The Balaban J connectivity index is 1.41. The topological polar surface area (TPSA) is 103 Å². The van der Waals surface area contributed by atoms with E-state index in [4.69, 9.17) is 4.74 Å². The van der Waals surface area contributed by atoms with Gasteiger partial charge in [0.25, 0.3) is 5.56 Å². The maximum absolute atomic E-state index is 13.5. The number of thiophene rings is 1. The number of carbonyl (C=O) groups is 2. The molecule has 0 saturated carbocycles. The summed E-state index contributed by atoms with van der Waals surface area (Å²) in [5.74, 6) is -0.804. The van der Waals surface area contributed by atoms with Crippen molar-refractivity contribution < 1.29 is 14.3 Å². The molecule has 37 heavy (non-hydrogen) atoms. The first-order valence-electron chi connectivity index (χ1n) is 11.7. The van der Waals surface area contributed by atoms with Crippen LogP contribution in [0, 0.1) is 20.8 Å². The summed E-state index contributed by atoms with van der Waals surface area (Å²) in [6, 6.07) is 11.2. The van der Waals surface area contributed by atoms with Crippen molar-refractivity contribution in [3.05, 3.63) is 74.6 Å². The molecule has 2 aromatic carbocycles. The van der Waals surface area contributed by atoms with Gasteiger partial charge in [-0.25, -0.2) is 14.8 Å². The molecule has 5 aromatic rings. The van der Waals surface area contributed by atoms with E-state index in [0.717, 1.165) is 26.3 Å². The molecule has 0 bridgehead atoms. The van der Waals surface area contributed by atoms with Crippen LogP contribution in [0.25, 0.3) is 31.6 Å². The van der Waals surface area contributed by atoms with Gasteiger partial charge in [-0.15, -0.1) is 11.3 Å². The number of thiazole rings is 1. The van der Waals surface area contributed by atoms with Gasteiger partial charge in [0.1, 0.15) is 11.4 Å². The minimum absolute atomic E-state index is 0.201.